The van der Waals surface area contributed by atoms with Gasteiger partial charge in [-0.3, -0.25) is 4.79 Å². The van der Waals surface area contributed by atoms with Crippen molar-refractivity contribution in [2.45, 2.75) is 26.1 Å². The second kappa shape index (κ2) is 6.75. The second-order valence-corrected chi connectivity index (χ2v) is 6.65. The molecule has 2 atom stereocenters. The summed E-state index contributed by atoms with van der Waals surface area (Å²) in [5.41, 5.74) is 2.96. The van der Waals surface area contributed by atoms with Gasteiger partial charge in [-0.05, 0) is 50.3 Å². The molecule has 138 valence electrons. The van der Waals surface area contributed by atoms with Crippen LogP contribution in [0.15, 0.2) is 77.0 Å². The number of nitrogens with zero attached hydrogens (tertiary/aromatic N) is 2. The van der Waals surface area contributed by atoms with Crippen LogP contribution >= 0.6 is 0 Å². The molecule has 0 radical (unpaired) electrons. The highest BCUT2D eigenvalue weighted by atomic mass is 19.1. The van der Waals surface area contributed by atoms with Crippen molar-refractivity contribution in [3.63, 3.8) is 0 Å². The van der Waals surface area contributed by atoms with Crippen LogP contribution in [0.25, 0.3) is 0 Å². The van der Waals surface area contributed by atoms with Gasteiger partial charge in [-0.15, -0.1) is 0 Å². The number of benzene rings is 1. The van der Waals surface area contributed by atoms with Crippen LogP contribution in [0.4, 0.5) is 4.39 Å². The smallest absolute Gasteiger partial charge is 0.275 e. The van der Waals surface area contributed by atoms with Gasteiger partial charge in [-0.2, -0.15) is 5.10 Å². The Hall–Kier alpha value is -3.35. The molecule has 0 spiro atoms. The second-order valence-electron chi connectivity index (χ2n) is 6.65. The molecule has 1 amide bonds. The Balaban J connectivity index is 1.56. The summed E-state index contributed by atoms with van der Waals surface area (Å²) in [4.78, 5) is 12.8. The average Bonchev–Trinajstić information content (AvgIpc) is 3.04. The van der Waals surface area contributed by atoms with E-state index in [1.807, 2.05) is 32.1 Å². The molecule has 0 saturated heterocycles. The predicted molar refractivity (Wildman–Crippen MR) is 102 cm³/mol. The number of rotatable bonds is 3. The first-order chi connectivity index (χ1) is 13.0. The maximum atomic E-state index is 14.1. The number of dihydropyridines is 1. The fourth-order valence-electron chi connectivity index (χ4n) is 3.28. The van der Waals surface area contributed by atoms with Gasteiger partial charge in [-0.25, -0.2) is 9.40 Å². The molecule has 0 aliphatic carbocycles. The summed E-state index contributed by atoms with van der Waals surface area (Å²) in [6.07, 6.45) is 8.78. The normalized spacial score (nSPS) is 23.3. The number of hydrazone groups is 1. The van der Waals surface area contributed by atoms with Crippen LogP contribution in [0.3, 0.4) is 0 Å². The number of hydrogen-bond acceptors (Lipinski definition) is 5. The first kappa shape index (κ1) is 17.1. The molecular formula is C20H20FN5O. The minimum Gasteiger partial charge on any atom is -0.383 e. The summed E-state index contributed by atoms with van der Waals surface area (Å²) in [7, 11) is 0. The van der Waals surface area contributed by atoms with E-state index in [9.17, 15) is 9.18 Å². The number of allylic oxidation sites excluding steroid dienone is 3. The van der Waals surface area contributed by atoms with Gasteiger partial charge < -0.3 is 16.0 Å². The zero-order chi connectivity index (χ0) is 19.0. The zero-order valence-electron chi connectivity index (χ0n) is 15.0. The van der Waals surface area contributed by atoms with E-state index in [2.05, 4.69) is 21.1 Å². The quantitative estimate of drug-likeness (QED) is 0.767. The minimum absolute atomic E-state index is 0.136. The van der Waals surface area contributed by atoms with Gasteiger partial charge in [0, 0.05) is 29.2 Å². The van der Waals surface area contributed by atoms with Gasteiger partial charge in [0.2, 0.25) is 0 Å². The first-order valence-corrected chi connectivity index (χ1v) is 8.76. The van der Waals surface area contributed by atoms with Crippen molar-refractivity contribution in [1.29, 1.82) is 0 Å². The van der Waals surface area contributed by atoms with Crippen molar-refractivity contribution in [3.8, 4) is 0 Å². The van der Waals surface area contributed by atoms with Crippen molar-refractivity contribution in [2.75, 3.05) is 0 Å². The van der Waals surface area contributed by atoms with E-state index in [4.69, 9.17) is 0 Å². The molecule has 0 fully saturated rings. The van der Waals surface area contributed by atoms with E-state index in [1.165, 1.54) is 6.07 Å². The number of halogens is 1. The Kier molecular flexibility index (Phi) is 4.27. The fourth-order valence-corrected chi connectivity index (χ4v) is 3.28. The molecule has 27 heavy (non-hydrogen) atoms. The molecule has 0 bridgehead atoms. The standard InChI is InChI=1S/C20H20FN5O/c1-12-9-14(10-13(2)23-12)24-20(27)18-11-22-19-8-7-17(25-26(18)19)15-5-3-4-6-16(15)21/h3-12,19,22-23H,1-2H3,(H,24,27). The monoisotopic (exact) mass is 365 g/mol. The summed E-state index contributed by atoms with van der Waals surface area (Å²) < 4.78 is 14.1. The lowest BCUT2D eigenvalue weighted by atomic mass is 10.1. The zero-order valence-corrected chi connectivity index (χ0v) is 15.0. The van der Waals surface area contributed by atoms with E-state index in [0.717, 1.165) is 11.4 Å². The molecule has 0 saturated carbocycles. The van der Waals surface area contributed by atoms with Crippen molar-refractivity contribution in [1.82, 2.24) is 21.0 Å². The lowest BCUT2D eigenvalue weighted by Crippen LogP contribution is -2.39. The van der Waals surface area contributed by atoms with Crippen LogP contribution in [0.1, 0.15) is 19.4 Å². The Labute approximate surface area is 156 Å². The van der Waals surface area contributed by atoms with Crippen LogP contribution in [0, 0.1) is 5.82 Å². The van der Waals surface area contributed by atoms with Gasteiger partial charge >= 0.3 is 0 Å². The molecule has 0 aromatic heterocycles. The number of carbonyl (C=O) groups excluding carboxylic acids is 1. The minimum atomic E-state index is -0.351. The average molecular weight is 365 g/mol. The Morgan fingerprint density at radius 2 is 2.15 bits per heavy atom. The molecule has 3 aliphatic heterocycles. The molecule has 3 N–H and O–H groups in total. The maximum Gasteiger partial charge on any atom is 0.275 e. The highest BCUT2D eigenvalue weighted by Gasteiger charge is 2.31. The number of nitrogens with one attached hydrogen (secondary N) is 3. The lowest BCUT2D eigenvalue weighted by molar-refractivity contribution is -0.118. The maximum absolute atomic E-state index is 14.1. The molecule has 6 nitrogen and oxygen atoms in total. The SMILES string of the molecule is CC1=CC(NC(=O)C2=CNC3C=CC(c4ccccc4F)=NN23)=CC(C)N1. The third-order valence-electron chi connectivity index (χ3n) is 4.45. The molecule has 1 aromatic rings. The Morgan fingerprint density at radius 3 is 2.93 bits per heavy atom. The highest BCUT2D eigenvalue weighted by molar-refractivity contribution is 6.09. The van der Waals surface area contributed by atoms with Crippen LogP contribution in [-0.4, -0.2) is 28.8 Å². The summed E-state index contributed by atoms with van der Waals surface area (Å²) in [5.74, 6) is -0.628. The van der Waals surface area contributed by atoms with Gasteiger partial charge in [0.15, 0.2) is 0 Å². The Morgan fingerprint density at radius 1 is 1.33 bits per heavy atom. The topological polar surface area (TPSA) is 68.8 Å². The van der Waals surface area contributed by atoms with Crippen molar-refractivity contribution >= 4 is 11.6 Å². The summed E-state index contributed by atoms with van der Waals surface area (Å²) in [5, 5.41) is 15.3. The van der Waals surface area contributed by atoms with Crippen molar-refractivity contribution < 1.29 is 9.18 Å². The van der Waals surface area contributed by atoms with E-state index >= 15 is 0 Å². The number of amides is 1. The van der Waals surface area contributed by atoms with Crippen LogP contribution in [0.2, 0.25) is 0 Å². The summed E-state index contributed by atoms with van der Waals surface area (Å²) in [6, 6.07) is 6.58. The number of carbonyl (C=O) groups is 1. The third kappa shape index (κ3) is 3.36. The van der Waals surface area contributed by atoms with E-state index in [-0.39, 0.29) is 23.9 Å². The van der Waals surface area contributed by atoms with Gasteiger partial charge in [0.25, 0.3) is 5.91 Å². The molecular weight excluding hydrogens is 345 g/mol. The van der Waals surface area contributed by atoms with Crippen LogP contribution in [0.5, 0.6) is 0 Å². The van der Waals surface area contributed by atoms with Crippen LogP contribution in [-0.2, 0) is 4.79 Å². The Bertz CT molecular complexity index is 943. The number of hydrogen-bond donors (Lipinski definition) is 3. The van der Waals surface area contributed by atoms with Gasteiger partial charge in [0.05, 0.1) is 5.71 Å². The molecule has 7 heteroatoms. The van der Waals surface area contributed by atoms with Gasteiger partial charge in [0.1, 0.15) is 17.7 Å². The lowest BCUT2D eigenvalue weighted by Gasteiger charge is -2.26. The van der Waals surface area contributed by atoms with E-state index < -0.39 is 0 Å². The molecule has 2 unspecified atom stereocenters. The first-order valence-electron chi connectivity index (χ1n) is 8.76. The van der Waals surface area contributed by atoms with E-state index in [1.54, 1.807) is 35.5 Å². The van der Waals surface area contributed by atoms with Crippen LogP contribution < -0.4 is 16.0 Å². The number of fused-ring (bicyclic) bond motifs is 1. The van der Waals surface area contributed by atoms with Gasteiger partial charge in [-0.1, -0.05) is 12.1 Å². The summed E-state index contributed by atoms with van der Waals surface area (Å²) >= 11 is 0. The highest BCUT2D eigenvalue weighted by Crippen LogP contribution is 2.23. The summed E-state index contributed by atoms with van der Waals surface area (Å²) in [6.45, 7) is 3.96. The molecule has 1 aromatic carbocycles. The molecule has 3 aliphatic rings. The van der Waals surface area contributed by atoms with Crippen molar-refractivity contribution in [3.05, 3.63) is 83.2 Å². The third-order valence-corrected chi connectivity index (χ3v) is 4.45. The largest absolute Gasteiger partial charge is 0.383 e. The molecule has 3 heterocycles. The fraction of sp³-hybridized carbons (Fsp3) is 0.200. The van der Waals surface area contributed by atoms with Crippen molar-refractivity contribution in [2.24, 2.45) is 5.10 Å². The predicted octanol–water partition coefficient (Wildman–Crippen LogP) is 2.07. The molecule has 4 rings (SSSR count). The van der Waals surface area contributed by atoms with E-state index in [0.29, 0.717) is 17.0 Å².